The summed E-state index contributed by atoms with van der Waals surface area (Å²) < 4.78 is 25.8. The first-order valence-electron chi connectivity index (χ1n) is 6.86. The fourth-order valence-electron chi connectivity index (χ4n) is 2.53. The fraction of sp³-hybridized carbons (Fsp3) is 1.00. The molecule has 0 unspecified atom stereocenters. The van der Waals surface area contributed by atoms with Crippen molar-refractivity contribution in [1.82, 2.24) is 4.31 Å². The van der Waals surface area contributed by atoms with E-state index in [-0.39, 0.29) is 17.8 Å². The van der Waals surface area contributed by atoms with Gasteiger partial charge in [0.05, 0.1) is 5.75 Å². The van der Waals surface area contributed by atoms with Crippen LogP contribution >= 0.6 is 0 Å². The number of aliphatic hydroxyl groups is 1. The molecule has 1 aliphatic rings. The summed E-state index contributed by atoms with van der Waals surface area (Å²) in [6.45, 7) is 8.06. The van der Waals surface area contributed by atoms with Crippen LogP contribution in [0.2, 0.25) is 0 Å². The number of unbranched alkanes of at least 4 members (excludes halogenated alkanes) is 1. The van der Waals surface area contributed by atoms with Crippen molar-refractivity contribution < 1.29 is 13.5 Å². The smallest absolute Gasteiger partial charge is 0.214 e. The summed E-state index contributed by atoms with van der Waals surface area (Å²) in [5.74, 6) is 0.787. The molecule has 0 amide bonds. The Kier molecular flexibility index (Phi) is 5.62. The maximum Gasteiger partial charge on any atom is 0.214 e. The molecule has 1 fully saturated rings. The van der Waals surface area contributed by atoms with Crippen molar-refractivity contribution in [2.75, 3.05) is 25.4 Å². The lowest BCUT2D eigenvalue weighted by molar-refractivity contribution is 0.154. The van der Waals surface area contributed by atoms with E-state index in [1.54, 1.807) is 4.31 Å². The van der Waals surface area contributed by atoms with E-state index >= 15 is 0 Å². The Balaban J connectivity index is 2.47. The fourth-order valence-corrected chi connectivity index (χ4v) is 4.12. The Hall–Kier alpha value is -0.130. The van der Waals surface area contributed by atoms with Gasteiger partial charge in [-0.2, -0.15) is 0 Å². The molecule has 4 nitrogen and oxygen atoms in total. The Bertz CT molecular complexity index is 338. The van der Waals surface area contributed by atoms with E-state index in [4.69, 9.17) is 5.11 Å². The average molecular weight is 277 g/mol. The van der Waals surface area contributed by atoms with Crippen LogP contribution in [-0.2, 0) is 10.0 Å². The van der Waals surface area contributed by atoms with E-state index in [0.717, 1.165) is 12.8 Å². The van der Waals surface area contributed by atoms with Crippen LogP contribution in [0.4, 0.5) is 0 Å². The lowest BCUT2D eigenvalue weighted by atomic mass is 9.76. The molecule has 0 aromatic carbocycles. The van der Waals surface area contributed by atoms with Gasteiger partial charge in [-0.25, -0.2) is 12.7 Å². The van der Waals surface area contributed by atoms with Crippen molar-refractivity contribution in [2.24, 2.45) is 11.3 Å². The van der Waals surface area contributed by atoms with Crippen LogP contribution in [0.1, 0.15) is 46.5 Å². The molecular weight excluding hydrogens is 250 g/mol. The predicted molar refractivity (Wildman–Crippen MR) is 73.9 cm³/mol. The first-order chi connectivity index (χ1) is 8.27. The molecule has 18 heavy (non-hydrogen) atoms. The van der Waals surface area contributed by atoms with E-state index in [1.165, 1.54) is 0 Å². The zero-order valence-electron chi connectivity index (χ0n) is 11.9. The normalized spacial score (nSPS) is 20.2. The Morgan fingerprint density at radius 1 is 1.17 bits per heavy atom. The van der Waals surface area contributed by atoms with Gasteiger partial charge in [-0.1, -0.05) is 20.8 Å². The molecule has 0 aliphatic carbocycles. The minimum atomic E-state index is -3.10. The monoisotopic (exact) mass is 277 g/mol. The molecule has 5 heteroatoms. The molecule has 1 heterocycles. The molecule has 0 radical (unpaired) electrons. The van der Waals surface area contributed by atoms with Gasteiger partial charge < -0.3 is 5.11 Å². The van der Waals surface area contributed by atoms with Gasteiger partial charge in [0.25, 0.3) is 0 Å². The molecule has 0 bridgehead atoms. The molecule has 1 rings (SSSR count). The van der Waals surface area contributed by atoms with Crippen molar-refractivity contribution in [1.29, 1.82) is 0 Å². The second-order valence-corrected chi connectivity index (χ2v) is 8.37. The third-order valence-electron chi connectivity index (χ3n) is 3.88. The molecular formula is C13H27NO3S. The van der Waals surface area contributed by atoms with Crippen molar-refractivity contribution in [3.8, 4) is 0 Å². The highest BCUT2D eigenvalue weighted by Crippen LogP contribution is 2.34. The molecule has 108 valence electrons. The zero-order chi connectivity index (χ0) is 13.8. The van der Waals surface area contributed by atoms with E-state index in [2.05, 4.69) is 20.8 Å². The highest BCUT2D eigenvalue weighted by atomic mass is 32.2. The van der Waals surface area contributed by atoms with Crippen LogP contribution in [0.15, 0.2) is 0 Å². The van der Waals surface area contributed by atoms with Gasteiger partial charge in [-0.3, -0.25) is 0 Å². The zero-order valence-corrected chi connectivity index (χ0v) is 12.7. The maximum atomic E-state index is 12.1. The topological polar surface area (TPSA) is 57.6 Å². The third-order valence-corrected chi connectivity index (χ3v) is 5.84. The van der Waals surface area contributed by atoms with Crippen LogP contribution in [0.25, 0.3) is 0 Å². The number of hydrogen-bond donors (Lipinski definition) is 1. The standard InChI is InChI=1S/C13H27NO3S/c1-13(2,3)12-6-8-14(9-7-12)18(16,17)11-5-4-10-15/h12,15H,4-11H2,1-3H3. The molecule has 0 aromatic heterocycles. The van der Waals surface area contributed by atoms with Gasteiger partial charge in [0.2, 0.25) is 10.0 Å². The van der Waals surface area contributed by atoms with Gasteiger partial charge in [0.15, 0.2) is 0 Å². The van der Waals surface area contributed by atoms with Crippen LogP contribution < -0.4 is 0 Å². The predicted octanol–water partition coefficient (Wildman–Crippen LogP) is 1.85. The quantitative estimate of drug-likeness (QED) is 0.780. The molecule has 1 N–H and O–H groups in total. The van der Waals surface area contributed by atoms with Crippen molar-refractivity contribution >= 4 is 10.0 Å². The van der Waals surface area contributed by atoms with Crippen LogP contribution in [0.5, 0.6) is 0 Å². The van der Waals surface area contributed by atoms with E-state index in [9.17, 15) is 8.42 Å². The number of aliphatic hydroxyl groups excluding tert-OH is 1. The van der Waals surface area contributed by atoms with Gasteiger partial charge in [0, 0.05) is 19.7 Å². The first-order valence-corrected chi connectivity index (χ1v) is 8.47. The SMILES string of the molecule is CC(C)(C)C1CCN(S(=O)(=O)CCCCO)CC1. The highest BCUT2D eigenvalue weighted by Gasteiger charge is 2.32. The van der Waals surface area contributed by atoms with Gasteiger partial charge in [-0.15, -0.1) is 0 Å². The van der Waals surface area contributed by atoms with Crippen molar-refractivity contribution in [2.45, 2.75) is 46.5 Å². The minimum Gasteiger partial charge on any atom is -0.396 e. The van der Waals surface area contributed by atoms with Crippen molar-refractivity contribution in [3.63, 3.8) is 0 Å². The van der Waals surface area contributed by atoms with Gasteiger partial charge >= 0.3 is 0 Å². The highest BCUT2D eigenvalue weighted by molar-refractivity contribution is 7.89. The molecule has 1 saturated heterocycles. The summed E-state index contributed by atoms with van der Waals surface area (Å²) in [5, 5.41) is 8.69. The van der Waals surface area contributed by atoms with E-state index in [0.29, 0.717) is 31.8 Å². The summed E-state index contributed by atoms with van der Waals surface area (Å²) in [7, 11) is -3.10. The first kappa shape index (κ1) is 15.9. The lowest BCUT2D eigenvalue weighted by Crippen LogP contribution is -2.42. The summed E-state index contributed by atoms with van der Waals surface area (Å²) in [5.41, 5.74) is 0.271. The summed E-state index contributed by atoms with van der Waals surface area (Å²) >= 11 is 0. The lowest BCUT2D eigenvalue weighted by Gasteiger charge is -2.38. The largest absolute Gasteiger partial charge is 0.396 e. The molecule has 0 spiro atoms. The van der Waals surface area contributed by atoms with E-state index < -0.39 is 10.0 Å². The number of hydrogen-bond acceptors (Lipinski definition) is 3. The Morgan fingerprint density at radius 3 is 2.17 bits per heavy atom. The summed E-state index contributed by atoms with van der Waals surface area (Å²) in [4.78, 5) is 0. The summed E-state index contributed by atoms with van der Waals surface area (Å²) in [6, 6.07) is 0. The van der Waals surface area contributed by atoms with Crippen LogP contribution in [0.3, 0.4) is 0 Å². The average Bonchev–Trinajstić information content (AvgIpc) is 2.28. The molecule has 0 aromatic rings. The van der Waals surface area contributed by atoms with E-state index in [1.807, 2.05) is 0 Å². The molecule has 1 aliphatic heterocycles. The maximum absolute atomic E-state index is 12.1. The van der Waals surface area contributed by atoms with Crippen LogP contribution in [0, 0.1) is 11.3 Å². The minimum absolute atomic E-state index is 0.0710. The van der Waals surface area contributed by atoms with Crippen LogP contribution in [-0.4, -0.2) is 43.3 Å². The Labute approximate surface area is 111 Å². The second-order valence-electron chi connectivity index (χ2n) is 6.29. The van der Waals surface area contributed by atoms with Gasteiger partial charge in [-0.05, 0) is 37.0 Å². The number of sulfonamides is 1. The number of piperidine rings is 1. The number of rotatable bonds is 5. The third kappa shape index (κ3) is 4.52. The number of nitrogens with zero attached hydrogens (tertiary/aromatic N) is 1. The molecule has 0 atom stereocenters. The second kappa shape index (κ2) is 6.35. The summed E-state index contributed by atoms with van der Waals surface area (Å²) in [6.07, 6.45) is 3.04. The molecule has 0 saturated carbocycles. The Morgan fingerprint density at radius 2 is 1.72 bits per heavy atom. The van der Waals surface area contributed by atoms with Crippen molar-refractivity contribution in [3.05, 3.63) is 0 Å². The van der Waals surface area contributed by atoms with Gasteiger partial charge in [0.1, 0.15) is 0 Å².